The zero-order chi connectivity index (χ0) is 19.1. The van der Waals surface area contributed by atoms with Crippen molar-refractivity contribution in [1.82, 2.24) is 0 Å². The molecule has 1 aliphatic carbocycles. The Balaban J connectivity index is 2.04. The van der Waals surface area contributed by atoms with Gasteiger partial charge in [0, 0.05) is 6.42 Å². The summed E-state index contributed by atoms with van der Waals surface area (Å²) in [6.45, 7) is 6.46. The Morgan fingerprint density at radius 2 is 1.52 bits per heavy atom. The van der Waals surface area contributed by atoms with Gasteiger partial charge < -0.3 is 0 Å². The van der Waals surface area contributed by atoms with Crippen LogP contribution in [0.2, 0.25) is 0 Å². The third-order valence-electron chi connectivity index (χ3n) is 5.90. The average molecular weight is 376 g/mol. The van der Waals surface area contributed by atoms with Gasteiger partial charge in [0.05, 0.1) is 5.71 Å². The van der Waals surface area contributed by atoms with E-state index in [1.54, 1.807) is 11.8 Å². The second-order valence-electron chi connectivity index (χ2n) is 7.56. The van der Waals surface area contributed by atoms with E-state index < -0.39 is 10.3 Å². The Kier molecular flexibility index (Phi) is 4.59. The standard InChI is InChI=1S/C24H25NOS/c1-4-27-24-16-18(3)17(2)15-23(22(24)26,20-13-9-6-10-14-20)21(25-24)19-11-7-5-8-12-19/h5-14H,4,15-16H2,1-3H3/t23-,24-/m1/s1. The number of fused-ring (bicyclic) bond motifs is 2. The molecule has 2 nitrogen and oxygen atoms in total. The lowest BCUT2D eigenvalue weighted by molar-refractivity contribution is -0.123. The highest BCUT2D eigenvalue weighted by atomic mass is 32.2. The minimum Gasteiger partial charge on any atom is -0.294 e. The fourth-order valence-electron chi connectivity index (χ4n) is 4.50. The van der Waals surface area contributed by atoms with E-state index in [4.69, 9.17) is 4.99 Å². The van der Waals surface area contributed by atoms with Gasteiger partial charge in [-0.2, -0.15) is 0 Å². The SMILES string of the molecule is CCS[C@]12CC(C)=C(C)C[C@](c3ccccc3)(C1=O)C(c1ccccc1)=N2. The van der Waals surface area contributed by atoms with Crippen LogP contribution in [0.1, 0.15) is 44.7 Å². The number of ketones is 1. The first-order chi connectivity index (χ1) is 13.0. The van der Waals surface area contributed by atoms with Gasteiger partial charge in [-0.1, -0.05) is 78.7 Å². The molecule has 1 aliphatic heterocycles. The van der Waals surface area contributed by atoms with E-state index in [0.29, 0.717) is 12.8 Å². The van der Waals surface area contributed by atoms with Crippen molar-refractivity contribution in [3.05, 3.63) is 82.9 Å². The molecule has 2 atom stereocenters. The molecule has 0 unspecified atom stereocenters. The van der Waals surface area contributed by atoms with Crippen molar-refractivity contribution >= 4 is 23.3 Å². The van der Waals surface area contributed by atoms with Gasteiger partial charge in [-0.15, -0.1) is 11.8 Å². The minimum atomic E-state index is -0.711. The van der Waals surface area contributed by atoms with Crippen LogP contribution < -0.4 is 0 Å². The first-order valence-corrected chi connectivity index (χ1v) is 10.6. The number of aliphatic imine (C=N–C) groups is 1. The van der Waals surface area contributed by atoms with Gasteiger partial charge in [-0.25, -0.2) is 0 Å². The highest BCUT2D eigenvalue weighted by molar-refractivity contribution is 8.01. The molecule has 1 heterocycles. The molecule has 0 N–H and O–H groups in total. The number of thioether (sulfide) groups is 1. The zero-order valence-electron chi connectivity index (χ0n) is 16.2. The monoisotopic (exact) mass is 375 g/mol. The molecule has 4 rings (SSSR count). The summed E-state index contributed by atoms with van der Waals surface area (Å²) in [6, 6.07) is 20.5. The zero-order valence-corrected chi connectivity index (χ0v) is 17.0. The van der Waals surface area contributed by atoms with Crippen LogP contribution in [-0.2, 0) is 10.2 Å². The molecule has 2 aromatic carbocycles. The van der Waals surface area contributed by atoms with Gasteiger partial charge in [-0.05, 0) is 37.1 Å². The second-order valence-corrected chi connectivity index (χ2v) is 9.10. The summed E-state index contributed by atoms with van der Waals surface area (Å²) in [5.41, 5.74) is 4.97. The van der Waals surface area contributed by atoms with Gasteiger partial charge in [0.15, 0.2) is 10.7 Å². The summed E-state index contributed by atoms with van der Waals surface area (Å²) in [6.07, 6.45) is 1.42. The maximum Gasteiger partial charge on any atom is 0.187 e. The van der Waals surface area contributed by atoms with E-state index in [1.807, 2.05) is 36.4 Å². The summed E-state index contributed by atoms with van der Waals surface area (Å²) in [5.74, 6) is 1.12. The first-order valence-electron chi connectivity index (χ1n) is 9.59. The third-order valence-corrected chi connectivity index (χ3v) is 7.09. The summed E-state index contributed by atoms with van der Waals surface area (Å²) < 4.78 is 0. The summed E-state index contributed by atoms with van der Waals surface area (Å²) in [4.78, 5) is 18.7. The normalized spacial score (nSPS) is 27.5. The Morgan fingerprint density at radius 1 is 0.926 bits per heavy atom. The molecule has 138 valence electrons. The molecule has 27 heavy (non-hydrogen) atoms. The average Bonchev–Trinajstić information content (AvgIpc) is 2.88. The largest absolute Gasteiger partial charge is 0.294 e. The van der Waals surface area contributed by atoms with E-state index >= 15 is 0 Å². The molecule has 0 aromatic heterocycles. The highest BCUT2D eigenvalue weighted by Gasteiger charge is 2.61. The number of carbonyl (C=O) groups is 1. The molecular formula is C24H25NOS. The highest BCUT2D eigenvalue weighted by Crippen LogP contribution is 2.54. The molecule has 3 heteroatoms. The second kappa shape index (κ2) is 6.79. The Bertz CT molecular complexity index is 931. The van der Waals surface area contributed by atoms with Crippen LogP contribution in [0.3, 0.4) is 0 Å². The molecule has 0 spiro atoms. The molecule has 0 amide bonds. The molecule has 2 bridgehead atoms. The van der Waals surface area contributed by atoms with Crippen molar-refractivity contribution in [2.75, 3.05) is 5.75 Å². The summed E-state index contributed by atoms with van der Waals surface area (Å²) in [7, 11) is 0. The van der Waals surface area contributed by atoms with Crippen LogP contribution in [0, 0.1) is 0 Å². The third kappa shape index (κ3) is 2.71. The van der Waals surface area contributed by atoms with Crippen LogP contribution >= 0.6 is 11.8 Å². The van der Waals surface area contributed by atoms with Crippen LogP contribution in [0.5, 0.6) is 0 Å². The predicted octanol–water partition coefficient (Wildman–Crippen LogP) is 5.58. The van der Waals surface area contributed by atoms with Gasteiger partial charge >= 0.3 is 0 Å². The van der Waals surface area contributed by atoms with Gasteiger partial charge in [-0.3, -0.25) is 9.79 Å². The van der Waals surface area contributed by atoms with Crippen molar-refractivity contribution in [3.8, 4) is 0 Å². The summed E-state index contributed by atoms with van der Waals surface area (Å²) >= 11 is 1.69. The number of carbonyl (C=O) groups excluding carboxylic acids is 1. The van der Waals surface area contributed by atoms with Gasteiger partial charge in [0.2, 0.25) is 0 Å². The molecule has 2 aliphatic rings. The van der Waals surface area contributed by atoms with Crippen molar-refractivity contribution in [3.63, 3.8) is 0 Å². The van der Waals surface area contributed by atoms with E-state index in [-0.39, 0.29) is 5.78 Å². The molecule has 0 radical (unpaired) electrons. The van der Waals surface area contributed by atoms with Gasteiger partial charge in [0.25, 0.3) is 0 Å². The lowest BCUT2D eigenvalue weighted by atomic mass is 9.68. The maximum absolute atomic E-state index is 14.2. The van der Waals surface area contributed by atoms with E-state index in [0.717, 1.165) is 22.6 Å². The Morgan fingerprint density at radius 3 is 2.15 bits per heavy atom. The summed E-state index contributed by atoms with van der Waals surface area (Å²) in [5, 5.41) is 0. The molecule has 2 aromatic rings. The van der Waals surface area contributed by atoms with E-state index in [9.17, 15) is 4.79 Å². The number of hydrogen-bond donors (Lipinski definition) is 0. The Labute approximate surface area is 165 Å². The van der Waals surface area contributed by atoms with Crippen LogP contribution in [0.4, 0.5) is 0 Å². The van der Waals surface area contributed by atoms with E-state index in [2.05, 4.69) is 45.0 Å². The molecule has 0 saturated carbocycles. The fourth-order valence-corrected chi connectivity index (χ4v) is 5.75. The van der Waals surface area contributed by atoms with Crippen molar-refractivity contribution < 1.29 is 4.79 Å². The number of Topliss-reactive ketones (excluding diaryl/α,β-unsaturated/α-hetero) is 1. The lowest BCUT2D eigenvalue weighted by Crippen LogP contribution is -2.45. The number of allylic oxidation sites excluding steroid dienone is 1. The number of hydrogen-bond acceptors (Lipinski definition) is 3. The number of rotatable bonds is 4. The predicted molar refractivity (Wildman–Crippen MR) is 115 cm³/mol. The van der Waals surface area contributed by atoms with Crippen LogP contribution in [0.25, 0.3) is 0 Å². The number of benzene rings is 2. The number of nitrogens with zero attached hydrogens (tertiary/aromatic N) is 1. The van der Waals surface area contributed by atoms with Crippen molar-refractivity contribution in [2.45, 2.75) is 43.9 Å². The fraction of sp³-hybridized carbons (Fsp3) is 0.333. The lowest BCUT2D eigenvalue weighted by Gasteiger charge is -2.31. The topological polar surface area (TPSA) is 29.4 Å². The van der Waals surface area contributed by atoms with Crippen LogP contribution in [-0.4, -0.2) is 22.1 Å². The minimum absolute atomic E-state index is 0.253. The smallest absolute Gasteiger partial charge is 0.187 e. The molecular weight excluding hydrogens is 350 g/mol. The van der Waals surface area contributed by atoms with Crippen molar-refractivity contribution in [2.24, 2.45) is 4.99 Å². The Hall–Kier alpha value is -2.13. The van der Waals surface area contributed by atoms with Gasteiger partial charge in [0.1, 0.15) is 5.41 Å². The molecule has 0 fully saturated rings. The van der Waals surface area contributed by atoms with Crippen molar-refractivity contribution in [1.29, 1.82) is 0 Å². The maximum atomic E-state index is 14.2. The molecule has 0 saturated heterocycles. The van der Waals surface area contributed by atoms with Crippen LogP contribution in [0.15, 0.2) is 76.8 Å². The van der Waals surface area contributed by atoms with E-state index in [1.165, 1.54) is 11.1 Å². The first kappa shape index (κ1) is 18.2. The quantitative estimate of drug-likeness (QED) is 0.653.